The monoisotopic (exact) mass is 321 g/mol. The fraction of sp³-hybridized carbons (Fsp3) is 0.0714. The molecule has 0 unspecified atom stereocenters. The summed E-state index contributed by atoms with van der Waals surface area (Å²) in [6.07, 6.45) is 0. The first-order valence-corrected chi connectivity index (χ1v) is 6.14. The number of nitriles is 1. The second-order valence-corrected chi connectivity index (χ2v) is 4.60. The zero-order chi connectivity index (χ0) is 13.8. The van der Waals surface area contributed by atoms with E-state index in [0.29, 0.717) is 27.3 Å². The van der Waals surface area contributed by atoms with Gasteiger partial charge in [-0.2, -0.15) is 5.26 Å². The topological polar surface area (TPSA) is 42.2 Å². The van der Waals surface area contributed by atoms with Crippen LogP contribution in [0.3, 0.4) is 0 Å². The van der Waals surface area contributed by atoms with Gasteiger partial charge >= 0.3 is 0 Å². The van der Waals surface area contributed by atoms with Gasteiger partial charge in [-0.25, -0.2) is 4.39 Å². The van der Waals surface area contributed by atoms with E-state index in [2.05, 4.69) is 15.9 Å². The molecule has 0 aromatic heterocycles. The van der Waals surface area contributed by atoms with Crippen molar-refractivity contribution >= 4 is 15.9 Å². The van der Waals surface area contributed by atoms with E-state index in [1.54, 1.807) is 24.3 Å². The smallest absolute Gasteiger partial charge is 0.148 e. The lowest BCUT2D eigenvalue weighted by Crippen LogP contribution is -1.91. The molecule has 0 fully saturated rings. The standard InChI is InChI=1S/C14H9BrFNO2/c1-18-12-3-2-9(8-17)14(7-12)19-13-5-10(15)4-11(16)6-13/h2-7H,1H3. The molecule has 2 aromatic carbocycles. The third-order valence-corrected chi connectivity index (χ3v) is 2.83. The van der Waals surface area contributed by atoms with Crippen molar-refractivity contribution in [2.45, 2.75) is 0 Å². The molecule has 0 saturated carbocycles. The van der Waals surface area contributed by atoms with E-state index in [4.69, 9.17) is 14.7 Å². The van der Waals surface area contributed by atoms with E-state index < -0.39 is 5.82 Å². The van der Waals surface area contributed by atoms with Gasteiger partial charge < -0.3 is 9.47 Å². The van der Waals surface area contributed by atoms with Gasteiger partial charge in [-0.3, -0.25) is 0 Å². The summed E-state index contributed by atoms with van der Waals surface area (Å²) in [4.78, 5) is 0. The van der Waals surface area contributed by atoms with Crippen molar-refractivity contribution in [1.82, 2.24) is 0 Å². The summed E-state index contributed by atoms with van der Waals surface area (Å²) in [5.74, 6) is 0.756. The van der Waals surface area contributed by atoms with Crippen molar-refractivity contribution in [3.8, 4) is 23.3 Å². The van der Waals surface area contributed by atoms with Crippen molar-refractivity contribution in [3.63, 3.8) is 0 Å². The quantitative estimate of drug-likeness (QED) is 0.848. The number of nitrogens with zero attached hydrogens (tertiary/aromatic N) is 1. The van der Waals surface area contributed by atoms with Crippen molar-refractivity contribution in [2.24, 2.45) is 0 Å². The summed E-state index contributed by atoms with van der Waals surface area (Å²) in [5, 5.41) is 9.02. The number of benzene rings is 2. The Morgan fingerprint density at radius 2 is 1.95 bits per heavy atom. The van der Waals surface area contributed by atoms with Crippen molar-refractivity contribution in [2.75, 3.05) is 7.11 Å². The lowest BCUT2D eigenvalue weighted by molar-refractivity contribution is 0.408. The molecule has 0 heterocycles. The molecular formula is C14H9BrFNO2. The Morgan fingerprint density at radius 3 is 2.58 bits per heavy atom. The van der Waals surface area contributed by atoms with Crippen LogP contribution in [0.4, 0.5) is 4.39 Å². The van der Waals surface area contributed by atoms with Crippen LogP contribution in [0.2, 0.25) is 0 Å². The molecule has 5 heteroatoms. The number of methoxy groups -OCH3 is 1. The van der Waals surface area contributed by atoms with Crippen molar-refractivity contribution < 1.29 is 13.9 Å². The van der Waals surface area contributed by atoms with Crippen molar-refractivity contribution in [3.05, 3.63) is 52.3 Å². The van der Waals surface area contributed by atoms with Crippen LogP contribution in [-0.2, 0) is 0 Å². The highest BCUT2D eigenvalue weighted by atomic mass is 79.9. The highest BCUT2D eigenvalue weighted by Gasteiger charge is 2.08. The number of hydrogen-bond donors (Lipinski definition) is 0. The third-order valence-electron chi connectivity index (χ3n) is 2.37. The van der Waals surface area contributed by atoms with E-state index in [0.717, 1.165) is 0 Å². The molecule has 2 rings (SSSR count). The summed E-state index contributed by atoms with van der Waals surface area (Å²) in [6.45, 7) is 0. The third kappa shape index (κ3) is 3.24. The molecule has 0 amide bonds. The normalized spacial score (nSPS) is 9.79. The molecule has 2 aromatic rings. The summed E-state index contributed by atoms with van der Waals surface area (Å²) in [5.41, 5.74) is 0.348. The minimum Gasteiger partial charge on any atom is -0.497 e. The van der Waals surface area contributed by atoms with Gasteiger partial charge in [0.25, 0.3) is 0 Å². The maximum absolute atomic E-state index is 13.3. The molecule has 0 atom stereocenters. The van der Waals surface area contributed by atoms with Crippen LogP contribution in [0, 0.1) is 17.1 Å². The van der Waals surface area contributed by atoms with Crippen LogP contribution in [0.25, 0.3) is 0 Å². The predicted molar refractivity (Wildman–Crippen MR) is 71.9 cm³/mol. The van der Waals surface area contributed by atoms with E-state index in [1.165, 1.54) is 19.2 Å². The second kappa shape index (κ2) is 5.72. The van der Waals surface area contributed by atoms with Gasteiger partial charge in [-0.1, -0.05) is 15.9 Å². The second-order valence-electron chi connectivity index (χ2n) is 3.68. The number of rotatable bonds is 3. The Hall–Kier alpha value is -2.06. The zero-order valence-corrected chi connectivity index (χ0v) is 11.6. The Morgan fingerprint density at radius 1 is 1.16 bits per heavy atom. The SMILES string of the molecule is COc1ccc(C#N)c(Oc2cc(F)cc(Br)c2)c1. The zero-order valence-electron chi connectivity index (χ0n) is 9.98. The highest BCUT2D eigenvalue weighted by Crippen LogP contribution is 2.30. The lowest BCUT2D eigenvalue weighted by atomic mass is 10.2. The fourth-order valence-corrected chi connectivity index (χ4v) is 1.97. The minimum atomic E-state index is -0.425. The maximum atomic E-state index is 13.3. The van der Waals surface area contributed by atoms with E-state index in [9.17, 15) is 4.39 Å². The molecule has 19 heavy (non-hydrogen) atoms. The van der Waals surface area contributed by atoms with Crippen LogP contribution in [0.5, 0.6) is 17.2 Å². The van der Waals surface area contributed by atoms with E-state index >= 15 is 0 Å². The molecule has 0 radical (unpaired) electrons. The molecule has 3 nitrogen and oxygen atoms in total. The van der Waals surface area contributed by atoms with Crippen LogP contribution < -0.4 is 9.47 Å². The number of halogens is 2. The molecule has 0 N–H and O–H groups in total. The van der Waals surface area contributed by atoms with Crippen LogP contribution >= 0.6 is 15.9 Å². The Bertz CT molecular complexity index is 632. The van der Waals surface area contributed by atoms with Gasteiger partial charge in [0.1, 0.15) is 29.1 Å². The van der Waals surface area contributed by atoms with E-state index in [1.807, 2.05) is 6.07 Å². The molecule has 0 aliphatic heterocycles. The Balaban J connectivity index is 2.39. The van der Waals surface area contributed by atoms with Gasteiger partial charge in [-0.05, 0) is 24.3 Å². The van der Waals surface area contributed by atoms with Gasteiger partial charge in [0.2, 0.25) is 0 Å². The van der Waals surface area contributed by atoms with Gasteiger partial charge in [0.05, 0.1) is 12.7 Å². The van der Waals surface area contributed by atoms with Gasteiger partial charge in [0.15, 0.2) is 0 Å². The minimum absolute atomic E-state index is 0.302. The van der Waals surface area contributed by atoms with Crippen LogP contribution in [0.1, 0.15) is 5.56 Å². The predicted octanol–water partition coefficient (Wildman–Crippen LogP) is 4.26. The van der Waals surface area contributed by atoms with Crippen molar-refractivity contribution in [1.29, 1.82) is 5.26 Å². The highest BCUT2D eigenvalue weighted by molar-refractivity contribution is 9.10. The summed E-state index contributed by atoms with van der Waals surface area (Å²) >= 11 is 3.18. The number of ether oxygens (including phenoxy) is 2. The summed E-state index contributed by atoms with van der Waals surface area (Å²) in [7, 11) is 1.52. The summed E-state index contributed by atoms with van der Waals surface area (Å²) < 4.78 is 24.4. The molecular weight excluding hydrogens is 313 g/mol. The van der Waals surface area contributed by atoms with Gasteiger partial charge in [-0.15, -0.1) is 0 Å². The summed E-state index contributed by atoms with van der Waals surface area (Å²) in [6, 6.07) is 11.0. The molecule has 96 valence electrons. The van der Waals surface area contributed by atoms with Gasteiger partial charge in [0, 0.05) is 16.6 Å². The fourth-order valence-electron chi connectivity index (χ4n) is 1.52. The molecule has 0 spiro atoms. The average Bonchev–Trinajstić information content (AvgIpc) is 2.37. The maximum Gasteiger partial charge on any atom is 0.148 e. The molecule has 0 aliphatic rings. The largest absolute Gasteiger partial charge is 0.497 e. The first kappa shape index (κ1) is 13.4. The Kier molecular flexibility index (Phi) is 4.03. The van der Waals surface area contributed by atoms with Crippen LogP contribution in [-0.4, -0.2) is 7.11 Å². The molecule has 0 bridgehead atoms. The first-order valence-electron chi connectivity index (χ1n) is 5.34. The van der Waals surface area contributed by atoms with E-state index in [-0.39, 0.29) is 0 Å². The van der Waals surface area contributed by atoms with Crippen LogP contribution in [0.15, 0.2) is 40.9 Å². The first-order chi connectivity index (χ1) is 9.12. The molecule has 0 aliphatic carbocycles. The Labute approximate surface area is 118 Å². The molecule has 0 saturated heterocycles. The lowest BCUT2D eigenvalue weighted by Gasteiger charge is -2.09. The average molecular weight is 322 g/mol. The number of hydrogen-bond acceptors (Lipinski definition) is 3.